The summed E-state index contributed by atoms with van der Waals surface area (Å²) in [7, 11) is 0. The number of aliphatic hydroxyl groups excluding tert-OH is 3. The van der Waals surface area contributed by atoms with Crippen molar-refractivity contribution in [1.29, 1.82) is 0 Å². The van der Waals surface area contributed by atoms with Crippen LogP contribution in [0.1, 0.15) is 6.92 Å². The van der Waals surface area contributed by atoms with Crippen LogP contribution in [0, 0.1) is 0 Å². The van der Waals surface area contributed by atoms with Gasteiger partial charge < -0.3 is 26.0 Å². The van der Waals surface area contributed by atoms with Gasteiger partial charge in [0.05, 0.1) is 19.8 Å². The van der Waals surface area contributed by atoms with E-state index >= 15 is 0 Å². The zero-order valence-corrected chi connectivity index (χ0v) is 13.7. The number of carbonyl (C=O) groups excluding carboxylic acids is 2. The van der Waals surface area contributed by atoms with Crippen LogP contribution in [0.3, 0.4) is 0 Å². The van der Waals surface area contributed by atoms with Crippen LogP contribution in [-0.2, 0) is 9.59 Å². The molecule has 0 heterocycles. The molecule has 0 saturated carbocycles. The first kappa shape index (κ1) is 19.4. The predicted octanol–water partition coefficient (Wildman–Crippen LogP) is -0.885. The van der Waals surface area contributed by atoms with Crippen LogP contribution in [0.4, 0.5) is 0 Å². The molecule has 0 saturated heterocycles. The number of nitrogens with one attached hydrogen (secondary N) is 2. The van der Waals surface area contributed by atoms with E-state index in [1.54, 1.807) is 0 Å². The fourth-order valence-electron chi connectivity index (χ4n) is 1.74. The molecule has 5 N–H and O–H groups in total. The van der Waals surface area contributed by atoms with E-state index in [9.17, 15) is 24.9 Å². The molecule has 1 atom stereocenters. The summed E-state index contributed by atoms with van der Waals surface area (Å²) in [6.07, 6.45) is 0. The van der Waals surface area contributed by atoms with Crippen molar-refractivity contribution in [2.24, 2.45) is 0 Å². The molecule has 0 aromatic heterocycles. The first-order chi connectivity index (χ1) is 11.0. The number of carbonyl (C=O) groups is 2. The Kier molecular flexibility index (Phi) is 8.04. The second-order valence-electron chi connectivity index (χ2n) is 5.12. The second kappa shape index (κ2) is 9.51. The average molecular weight is 342 g/mol. The van der Waals surface area contributed by atoms with Gasteiger partial charge in [0.15, 0.2) is 0 Å². The van der Waals surface area contributed by atoms with Gasteiger partial charge in [0.1, 0.15) is 11.6 Å². The SMILES string of the molecule is CC(=O)NC(CSc1ccccc1)C(=O)NC(CO)(CO)CO. The van der Waals surface area contributed by atoms with Crippen LogP contribution < -0.4 is 10.6 Å². The Morgan fingerprint density at radius 1 is 1.13 bits per heavy atom. The predicted molar refractivity (Wildman–Crippen MR) is 86.9 cm³/mol. The lowest BCUT2D eigenvalue weighted by Crippen LogP contribution is -2.61. The Balaban J connectivity index is 2.76. The van der Waals surface area contributed by atoms with Crippen LogP contribution in [0.5, 0.6) is 0 Å². The van der Waals surface area contributed by atoms with Crippen LogP contribution in [0.2, 0.25) is 0 Å². The molecule has 0 radical (unpaired) electrons. The minimum absolute atomic E-state index is 0.272. The first-order valence-electron chi connectivity index (χ1n) is 7.06. The van der Waals surface area contributed by atoms with Crippen molar-refractivity contribution in [2.75, 3.05) is 25.6 Å². The molecule has 2 amide bonds. The minimum atomic E-state index is -1.52. The molecule has 1 aromatic rings. The molecule has 0 spiro atoms. The molecule has 1 aromatic carbocycles. The maximum Gasteiger partial charge on any atom is 0.244 e. The monoisotopic (exact) mass is 342 g/mol. The van der Waals surface area contributed by atoms with Crippen molar-refractivity contribution < 1.29 is 24.9 Å². The van der Waals surface area contributed by atoms with E-state index < -0.39 is 37.3 Å². The Hall–Kier alpha value is -1.61. The Labute approximate surface area is 139 Å². The highest BCUT2D eigenvalue weighted by Gasteiger charge is 2.33. The molecule has 0 aliphatic carbocycles. The molecule has 0 aliphatic heterocycles. The van der Waals surface area contributed by atoms with E-state index in [0.717, 1.165) is 4.90 Å². The van der Waals surface area contributed by atoms with Crippen molar-refractivity contribution in [1.82, 2.24) is 10.6 Å². The van der Waals surface area contributed by atoms with E-state index in [0.29, 0.717) is 0 Å². The van der Waals surface area contributed by atoms with E-state index in [1.807, 2.05) is 30.3 Å². The van der Waals surface area contributed by atoms with E-state index in [-0.39, 0.29) is 11.7 Å². The number of benzene rings is 1. The number of hydrogen-bond donors (Lipinski definition) is 5. The van der Waals surface area contributed by atoms with Gasteiger partial charge in [-0.1, -0.05) is 18.2 Å². The summed E-state index contributed by atoms with van der Waals surface area (Å²) in [5.41, 5.74) is -1.52. The van der Waals surface area contributed by atoms with Crippen molar-refractivity contribution in [3.8, 4) is 0 Å². The topological polar surface area (TPSA) is 119 Å². The molecule has 0 aliphatic rings. The molecule has 0 fully saturated rings. The maximum absolute atomic E-state index is 12.3. The van der Waals surface area contributed by atoms with E-state index in [1.165, 1.54) is 18.7 Å². The van der Waals surface area contributed by atoms with Gasteiger partial charge in [-0.05, 0) is 12.1 Å². The zero-order valence-electron chi connectivity index (χ0n) is 12.9. The van der Waals surface area contributed by atoms with Crippen LogP contribution in [0.25, 0.3) is 0 Å². The van der Waals surface area contributed by atoms with Crippen LogP contribution >= 0.6 is 11.8 Å². The van der Waals surface area contributed by atoms with Crippen molar-refractivity contribution in [3.63, 3.8) is 0 Å². The van der Waals surface area contributed by atoms with Gasteiger partial charge in [0.2, 0.25) is 11.8 Å². The fraction of sp³-hybridized carbons (Fsp3) is 0.467. The van der Waals surface area contributed by atoms with Crippen LogP contribution in [0.15, 0.2) is 35.2 Å². The molecule has 128 valence electrons. The van der Waals surface area contributed by atoms with Crippen molar-refractivity contribution >= 4 is 23.6 Å². The largest absolute Gasteiger partial charge is 0.394 e. The number of thioether (sulfide) groups is 1. The Morgan fingerprint density at radius 3 is 2.17 bits per heavy atom. The first-order valence-corrected chi connectivity index (χ1v) is 8.04. The molecule has 1 unspecified atom stereocenters. The Bertz CT molecular complexity index is 500. The molecule has 23 heavy (non-hydrogen) atoms. The van der Waals surface area contributed by atoms with Gasteiger partial charge >= 0.3 is 0 Å². The van der Waals surface area contributed by atoms with Gasteiger partial charge in [0, 0.05) is 17.6 Å². The normalized spacial score (nSPS) is 12.5. The highest BCUT2D eigenvalue weighted by molar-refractivity contribution is 7.99. The summed E-state index contributed by atoms with van der Waals surface area (Å²) in [6, 6.07) is 8.51. The highest BCUT2D eigenvalue weighted by Crippen LogP contribution is 2.18. The minimum Gasteiger partial charge on any atom is -0.394 e. The summed E-state index contributed by atoms with van der Waals surface area (Å²) in [4.78, 5) is 24.6. The lowest BCUT2D eigenvalue weighted by molar-refractivity contribution is -0.130. The van der Waals surface area contributed by atoms with Crippen molar-refractivity contribution in [2.45, 2.75) is 23.4 Å². The van der Waals surface area contributed by atoms with Crippen LogP contribution in [-0.4, -0.2) is 64.3 Å². The second-order valence-corrected chi connectivity index (χ2v) is 6.21. The van der Waals surface area contributed by atoms with E-state index in [2.05, 4.69) is 10.6 Å². The van der Waals surface area contributed by atoms with Gasteiger partial charge in [0.25, 0.3) is 0 Å². The maximum atomic E-state index is 12.3. The number of rotatable bonds is 9. The third-order valence-corrected chi connectivity index (χ3v) is 4.26. The quantitative estimate of drug-likeness (QED) is 0.372. The number of amides is 2. The standard InChI is InChI=1S/C15H22N2O5S/c1-11(21)16-13(7-23-12-5-3-2-4-6-12)14(22)17-15(8-18,9-19)10-20/h2-6,13,18-20H,7-10H2,1H3,(H,16,21)(H,17,22). The Morgan fingerprint density at radius 2 is 1.70 bits per heavy atom. The number of aliphatic hydroxyl groups is 3. The molecule has 8 heteroatoms. The van der Waals surface area contributed by atoms with Gasteiger partial charge in [-0.25, -0.2) is 0 Å². The number of hydrogen-bond acceptors (Lipinski definition) is 6. The van der Waals surface area contributed by atoms with Gasteiger partial charge in [-0.15, -0.1) is 11.8 Å². The molecular weight excluding hydrogens is 320 g/mol. The lowest BCUT2D eigenvalue weighted by atomic mass is 10.0. The third-order valence-electron chi connectivity index (χ3n) is 3.15. The fourth-order valence-corrected chi connectivity index (χ4v) is 2.68. The van der Waals surface area contributed by atoms with E-state index in [4.69, 9.17) is 0 Å². The summed E-state index contributed by atoms with van der Waals surface area (Å²) in [6.45, 7) is -0.566. The third kappa shape index (κ3) is 6.19. The zero-order chi connectivity index (χ0) is 17.3. The summed E-state index contributed by atoms with van der Waals surface area (Å²) >= 11 is 1.38. The molecule has 0 bridgehead atoms. The highest BCUT2D eigenvalue weighted by atomic mass is 32.2. The summed E-state index contributed by atoms with van der Waals surface area (Å²) < 4.78 is 0. The van der Waals surface area contributed by atoms with Crippen molar-refractivity contribution in [3.05, 3.63) is 30.3 Å². The summed E-state index contributed by atoms with van der Waals surface area (Å²) in [5, 5.41) is 32.7. The molecule has 7 nitrogen and oxygen atoms in total. The molecule has 1 rings (SSSR count). The average Bonchev–Trinajstić information content (AvgIpc) is 2.57. The van der Waals surface area contributed by atoms with Gasteiger partial charge in [-0.2, -0.15) is 0 Å². The summed E-state index contributed by atoms with van der Waals surface area (Å²) in [5.74, 6) is -0.685. The molecular formula is C15H22N2O5S. The lowest BCUT2D eigenvalue weighted by Gasteiger charge is -2.30. The smallest absolute Gasteiger partial charge is 0.244 e. The van der Waals surface area contributed by atoms with Gasteiger partial charge in [-0.3, -0.25) is 9.59 Å².